The molecule has 0 aromatic heterocycles. The monoisotopic (exact) mass is 276 g/mol. The number of benzene rings is 1. The van der Waals surface area contributed by atoms with E-state index >= 15 is 0 Å². The summed E-state index contributed by atoms with van der Waals surface area (Å²) < 4.78 is 5.45. The Labute approximate surface area is 121 Å². The third-order valence-electron chi connectivity index (χ3n) is 4.03. The van der Waals surface area contributed by atoms with Crippen molar-refractivity contribution in [2.24, 2.45) is 0 Å². The Bertz CT molecular complexity index is 458. The molecule has 0 saturated carbocycles. The first kappa shape index (κ1) is 14.7. The summed E-state index contributed by atoms with van der Waals surface area (Å²) in [7, 11) is 1.68. The fourth-order valence-corrected chi connectivity index (χ4v) is 2.94. The summed E-state index contributed by atoms with van der Waals surface area (Å²) >= 11 is 0. The second kappa shape index (κ2) is 6.64. The van der Waals surface area contributed by atoms with E-state index in [4.69, 9.17) is 4.74 Å². The van der Waals surface area contributed by atoms with Crippen molar-refractivity contribution < 1.29 is 9.53 Å². The second-order valence-electron chi connectivity index (χ2n) is 5.05. The lowest BCUT2D eigenvalue weighted by molar-refractivity contribution is 0.152. The van der Waals surface area contributed by atoms with E-state index < -0.39 is 0 Å². The minimum absolute atomic E-state index is 0.138. The van der Waals surface area contributed by atoms with Crippen LogP contribution in [0.25, 0.3) is 0 Å². The molecule has 0 bridgehead atoms. The highest BCUT2D eigenvalue weighted by Crippen LogP contribution is 2.37. The average molecular weight is 276 g/mol. The van der Waals surface area contributed by atoms with Crippen LogP contribution in [0.3, 0.4) is 0 Å². The van der Waals surface area contributed by atoms with E-state index in [0.29, 0.717) is 0 Å². The molecule has 1 saturated heterocycles. The van der Waals surface area contributed by atoms with Crippen LogP contribution in [0.1, 0.15) is 38.3 Å². The number of rotatable bonds is 4. The van der Waals surface area contributed by atoms with Crippen LogP contribution in [0.4, 0.5) is 4.79 Å². The number of likely N-dealkylation sites (tertiary alicyclic amines) is 1. The summed E-state index contributed by atoms with van der Waals surface area (Å²) in [5, 5.41) is 0. The molecule has 4 nitrogen and oxygen atoms in total. The fraction of sp³-hybridized carbons (Fsp3) is 0.562. The third kappa shape index (κ3) is 2.74. The lowest BCUT2D eigenvalue weighted by Crippen LogP contribution is -2.42. The Hall–Kier alpha value is -1.71. The standard InChI is InChI=1S/C16H24N2O2/c1-4-17(5-2)16(19)18-12-8-10-14(18)13-9-6-7-11-15(13)20-3/h6-7,9,11,14H,4-5,8,10,12H2,1-3H3. The van der Waals surface area contributed by atoms with Gasteiger partial charge in [-0.2, -0.15) is 0 Å². The second-order valence-corrected chi connectivity index (χ2v) is 5.05. The van der Waals surface area contributed by atoms with Crippen molar-refractivity contribution >= 4 is 6.03 Å². The van der Waals surface area contributed by atoms with Gasteiger partial charge in [-0.3, -0.25) is 0 Å². The molecule has 1 aliphatic heterocycles. The van der Waals surface area contributed by atoms with E-state index in [-0.39, 0.29) is 12.1 Å². The zero-order valence-electron chi connectivity index (χ0n) is 12.6. The summed E-state index contributed by atoms with van der Waals surface area (Å²) in [6.07, 6.45) is 2.06. The van der Waals surface area contributed by atoms with Crippen LogP contribution in [-0.4, -0.2) is 42.6 Å². The third-order valence-corrected chi connectivity index (χ3v) is 4.03. The molecule has 1 unspecified atom stereocenters. The Morgan fingerprint density at radius 3 is 2.70 bits per heavy atom. The molecule has 1 atom stereocenters. The summed E-state index contributed by atoms with van der Waals surface area (Å²) in [5.41, 5.74) is 1.12. The molecule has 2 rings (SSSR count). The van der Waals surface area contributed by atoms with Crippen LogP contribution >= 0.6 is 0 Å². The Kier molecular flexibility index (Phi) is 4.88. The van der Waals surface area contributed by atoms with Gasteiger partial charge in [-0.15, -0.1) is 0 Å². The van der Waals surface area contributed by atoms with E-state index in [9.17, 15) is 4.79 Å². The highest BCUT2D eigenvalue weighted by atomic mass is 16.5. The van der Waals surface area contributed by atoms with Gasteiger partial charge in [0.05, 0.1) is 13.2 Å². The molecule has 110 valence electrons. The van der Waals surface area contributed by atoms with Crippen LogP contribution in [0.5, 0.6) is 5.75 Å². The van der Waals surface area contributed by atoms with Crippen molar-refractivity contribution in [1.82, 2.24) is 9.80 Å². The molecule has 1 aromatic carbocycles. The Morgan fingerprint density at radius 1 is 1.35 bits per heavy atom. The van der Waals surface area contributed by atoms with Crippen molar-refractivity contribution in [1.29, 1.82) is 0 Å². The van der Waals surface area contributed by atoms with Crippen molar-refractivity contribution in [3.63, 3.8) is 0 Å². The summed E-state index contributed by atoms with van der Waals surface area (Å²) in [6, 6.07) is 8.29. The molecule has 0 aliphatic carbocycles. The maximum atomic E-state index is 12.6. The molecular weight excluding hydrogens is 252 g/mol. The number of hydrogen-bond acceptors (Lipinski definition) is 2. The number of ether oxygens (including phenoxy) is 1. The van der Waals surface area contributed by atoms with Gasteiger partial charge in [0.15, 0.2) is 0 Å². The van der Waals surface area contributed by atoms with Gasteiger partial charge in [0.2, 0.25) is 0 Å². The molecule has 0 spiro atoms. The van der Waals surface area contributed by atoms with Crippen LogP contribution in [0.2, 0.25) is 0 Å². The zero-order valence-corrected chi connectivity index (χ0v) is 12.6. The molecule has 1 aliphatic rings. The van der Waals surface area contributed by atoms with Gasteiger partial charge in [-0.05, 0) is 32.8 Å². The van der Waals surface area contributed by atoms with E-state index in [1.54, 1.807) is 7.11 Å². The molecule has 4 heteroatoms. The van der Waals surface area contributed by atoms with Crippen molar-refractivity contribution in [2.75, 3.05) is 26.7 Å². The minimum Gasteiger partial charge on any atom is -0.496 e. The van der Waals surface area contributed by atoms with Gasteiger partial charge < -0.3 is 14.5 Å². The Balaban J connectivity index is 2.25. The predicted molar refractivity (Wildman–Crippen MR) is 80.0 cm³/mol. The zero-order chi connectivity index (χ0) is 14.5. The lowest BCUT2D eigenvalue weighted by Gasteiger charge is -2.31. The molecular formula is C16H24N2O2. The molecule has 2 amide bonds. The first-order chi connectivity index (χ1) is 9.72. The largest absolute Gasteiger partial charge is 0.496 e. The first-order valence-electron chi connectivity index (χ1n) is 7.41. The van der Waals surface area contributed by atoms with Crippen molar-refractivity contribution in [2.45, 2.75) is 32.7 Å². The number of methoxy groups -OCH3 is 1. The van der Waals surface area contributed by atoms with Gasteiger partial charge in [0.1, 0.15) is 5.75 Å². The van der Waals surface area contributed by atoms with Gasteiger partial charge in [0.25, 0.3) is 0 Å². The maximum absolute atomic E-state index is 12.6. The SMILES string of the molecule is CCN(CC)C(=O)N1CCCC1c1ccccc1OC. The minimum atomic E-state index is 0.138. The lowest BCUT2D eigenvalue weighted by atomic mass is 10.0. The first-order valence-corrected chi connectivity index (χ1v) is 7.41. The maximum Gasteiger partial charge on any atom is 0.320 e. The van der Waals surface area contributed by atoms with Crippen molar-refractivity contribution in [3.8, 4) is 5.75 Å². The van der Waals surface area contributed by atoms with E-state index in [1.807, 2.05) is 41.8 Å². The number of nitrogens with zero attached hydrogens (tertiary/aromatic N) is 2. The van der Waals surface area contributed by atoms with Gasteiger partial charge in [0, 0.05) is 25.2 Å². The van der Waals surface area contributed by atoms with Crippen LogP contribution in [0.15, 0.2) is 24.3 Å². The van der Waals surface area contributed by atoms with Crippen LogP contribution in [0, 0.1) is 0 Å². The number of carbonyl (C=O) groups excluding carboxylic acids is 1. The van der Waals surface area contributed by atoms with E-state index in [0.717, 1.165) is 43.8 Å². The molecule has 1 fully saturated rings. The normalized spacial score (nSPS) is 18.1. The van der Waals surface area contributed by atoms with Crippen LogP contribution < -0.4 is 4.74 Å². The van der Waals surface area contributed by atoms with Gasteiger partial charge in [-0.1, -0.05) is 18.2 Å². The molecule has 0 N–H and O–H groups in total. The molecule has 1 heterocycles. The summed E-state index contributed by atoms with van der Waals surface area (Å²) in [4.78, 5) is 16.5. The van der Waals surface area contributed by atoms with E-state index in [2.05, 4.69) is 6.07 Å². The predicted octanol–water partition coefficient (Wildman–Crippen LogP) is 3.29. The fourth-order valence-electron chi connectivity index (χ4n) is 2.94. The number of hydrogen-bond donors (Lipinski definition) is 0. The highest BCUT2D eigenvalue weighted by Gasteiger charge is 2.33. The topological polar surface area (TPSA) is 32.8 Å². The number of amides is 2. The molecule has 20 heavy (non-hydrogen) atoms. The quantitative estimate of drug-likeness (QED) is 0.845. The average Bonchev–Trinajstić information content (AvgIpc) is 2.97. The highest BCUT2D eigenvalue weighted by molar-refractivity contribution is 5.75. The van der Waals surface area contributed by atoms with Crippen molar-refractivity contribution in [3.05, 3.63) is 29.8 Å². The molecule has 0 radical (unpaired) electrons. The molecule has 1 aromatic rings. The van der Waals surface area contributed by atoms with Gasteiger partial charge >= 0.3 is 6.03 Å². The van der Waals surface area contributed by atoms with Gasteiger partial charge in [-0.25, -0.2) is 4.79 Å². The number of para-hydroxylation sites is 1. The smallest absolute Gasteiger partial charge is 0.320 e. The number of carbonyl (C=O) groups is 1. The summed E-state index contributed by atoms with van der Waals surface area (Å²) in [6.45, 7) is 6.39. The van der Waals surface area contributed by atoms with E-state index in [1.165, 1.54) is 0 Å². The number of urea groups is 1. The van der Waals surface area contributed by atoms with Crippen LogP contribution in [-0.2, 0) is 0 Å². The Morgan fingerprint density at radius 2 is 2.05 bits per heavy atom. The summed E-state index contributed by atoms with van der Waals surface area (Å²) in [5.74, 6) is 0.872.